The largest absolute Gasteiger partial charge is 0.481 e. The maximum Gasteiger partial charge on any atom is 0.308 e. The molecule has 1 heterocycles. The van der Waals surface area contributed by atoms with Crippen LogP contribution in [0.1, 0.15) is 30.7 Å². The van der Waals surface area contributed by atoms with Crippen LogP contribution in [0.5, 0.6) is 0 Å². The van der Waals surface area contributed by atoms with Gasteiger partial charge >= 0.3 is 5.97 Å². The first-order valence-corrected chi connectivity index (χ1v) is 7.42. The van der Waals surface area contributed by atoms with Crippen molar-refractivity contribution in [1.29, 1.82) is 0 Å². The Balaban J connectivity index is 2.40. The highest BCUT2D eigenvalue weighted by molar-refractivity contribution is 7.12. The van der Waals surface area contributed by atoms with Crippen LogP contribution in [0.25, 0.3) is 11.3 Å². The second kappa shape index (κ2) is 5.75. The third-order valence-electron chi connectivity index (χ3n) is 2.78. The van der Waals surface area contributed by atoms with Crippen molar-refractivity contribution in [3.63, 3.8) is 0 Å². The average Bonchev–Trinajstić information content (AvgIpc) is 2.69. The number of aliphatic carboxylic acids is 1. The molecular weight excluding hydrogens is 270 g/mol. The van der Waals surface area contributed by atoms with E-state index < -0.39 is 5.97 Å². The van der Waals surface area contributed by atoms with Crippen LogP contribution < -0.4 is 0 Å². The molecule has 0 atom stereocenters. The van der Waals surface area contributed by atoms with E-state index >= 15 is 0 Å². The van der Waals surface area contributed by atoms with Crippen LogP contribution in [0.3, 0.4) is 0 Å². The predicted molar refractivity (Wildman–Crippen MR) is 82.0 cm³/mol. The fraction of sp³-hybridized carbons (Fsp3) is 0.375. The van der Waals surface area contributed by atoms with E-state index in [1.807, 2.05) is 30.3 Å². The number of hydrogen-bond acceptors (Lipinski definition) is 3. The fourth-order valence-corrected chi connectivity index (χ4v) is 3.39. The molecule has 0 saturated heterocycles. The van der Waals surface area contributed by atoms with Gasteiger partial charge in [-0.05, 0) is 5.41 Å². The summed E-state index contributed by atoms with van der Waals surface area (Å²) in [6.07, 6.45) is 0.892. The molecule has 20 heavy (non-hydrogen) atoms. The third-order valence-corrected chi connectivity index (χ3v) is 3.84. The van der Waals surface area contributed by atoms with E-state index in [1.165, 1.54) is 11.3 Å². The van der Waals surface area contributed by atoms with Crippen LogP contribution >= 0.6 is 11.3 Å². The van der Waals surface area contributed by atoms with Gasteiger partial charge in [0.2, 0.25) is 0 Å². The number of carbonyl (C=O) groups is 1. The van der Waals surface area contributed by atoms with E-state index in [1.54, 1.807) is 0 Å². The Hall–Kier alpha value is -1.68. The van der Waals surface area contributed by atoms with Gasteiger partial charge in [0.25, 0.3) is 0 Å². The predicted octanol–water partition coefficient (Wildman–Crippen LogP) is 4.03. The van der Waals surface area contributed by atoms with Crippen molar-refractivity contribution in [2.45, 2.75) is 33.6 Å². The molecular formula is C16H19NO2S. The fourth-order valence-electron chi connectivity index (χ4n) is 2.01. The second-order valence-corrected chi connectivity index (χ2v) is 7.22. The maximum absolute atomic E-state index is 11.0. The zero-order valence-electron chi connectivity index (χ0n) is 12.0. The van der Waals surface area contributed by atoms with Crippen LogP contribution in [-0.4, -0.2) is 16.1 Å². The second-order valence-electron chi connectivity index (χ2n) is 6.05. The molecule has 0 fully saturated rings. The van der Waals surface area contributed by atoms with Gasteiger partial charge in [0.15, 0.2) is 0 Å². The van der Waals surface area contributed by atoms with E-state index in [4.69, 9.17) is 5.11 Å². The van der Waals surface area contributed by atoms with Gasteiger partial charge in [0.1, 0.15) is 0 Å². The van der Waals surface area contributed by atoms with Crippen LogP contribution in [0, 0.1) is 5.41 Å². The number of aromatic nitrogens is 1. The Labute approximate surface area is 123 Å². The van der Waals surface area contributed by atoms with Crippen molar-refractivity contribution in [1.82, 2.24) is 4.98 Å². The number of hydrogen-bond donors (Lipinski definition) is 1. The number of carboxylic acids is 1. The highest BCUT2D eigenvalue weighted by atomic mass is 32.1. The number of carboxylic acid groups (broad SMARTS) is 1. The van der Waals surface area contributed by atoms with Crippen molar-refractivity contribution >= 4 is 17.3 Å². The molecule has 3 nitrogen and oxygen atoms in total. The number of thiazole rings is 1. The first-order valence-electron chi connectivity index (χ1n) is 6.61. The van der Waals surface area contributed by atoms with E-state index in [9.17, 15) is 4.79 Å². The number of nitrogens with zero attached hydrogens (tertiary/aromatic N) is 1. The summed E-state index contributed by atoms with van der Waals surface area (Å²) < 4.78 is 0. The Bertz CT molecular complexity index is 597. The molecule has 106 valence electrons. The Morgan fingerprint density at radius 2 is 1.90 bits per heavy atom. The lowest BCUT2D eigenvalue weighted by molar-refractivity contribution is -0.136. The summed E-state index contributed by atoms with van der Waals surface area (Å²) in [6, 6.07) is 9.79. The molecule has 2 rings (SSSR count). The minimum absolute atomic E-state index is 0.0338. The molecule has 0 aliphatic rings. The van der Waals surface area contributed by atoms with Crippen molar-refractivity contribution in [2.24, 2.45) is 5.41 Å². The minimum Gasteiger partial charge on any atom is -0.481 e. The van der Waals surface area contributed by atoms with E-state index in [0.29, 0.717) is 0 Å². The van der Waals surface area contributed by atoms with E-state index in [2.05, 4.69) is 25.8 Å². The smallest absolute Gasteiger partial charge is 0.308 e. The van der Waals surface area contributed by atoms with Crippen molar-refractivity contribution in [2.75, 3.05) is 0 Å². The molecule has 0 saturated carbocycles. The summed E-state index contributed by atoms with van der Waals surface area (Å²) in [5.41, 5.74) is 1.95. The van der Waals surface area contributed by atoms with E-state index in [0.717, 1.165) is 27.6 Å². The van der Waals surface area contributed by atoms with Crippen LogP contribution in [0.4, 0.5) is 0 Å². The lowest BCUT2D eigenvalue weighted by Gasteiger charge is -2.15. The first-order chi connectivity index (χ1) is 9.35. The van der Waals surface area contributed by atoms with Crippen molar-refractivity contribution in [3.05, 3.63) is 40.2 Å². The molecule has 0 radical (unpaired) electrons. The maximum atomic E-state index is 11.0. The molecule has 4 heteroatoms. The molecule has 0 unspecified atom stereocenters. The Morgan fingerprint density at radius 1 is 1.25 bits per heavy atom. The van der Waals surface area contributed by atoms with Gasteiger partial charge in [0, 0.05) is 16.9 Å². The van der Waals surface area contributed by atoms with Gasteiger partial charge in [-0.3, -0.25) is 4.79 Å². The summed E-state index contributed by atoms with van der Waals surface area (Å²) in [5, 5.41) is 10.1. The molecule has 1 aromatic carbocycles. The van der Waals surface area contributed by atoms with Crippen LogP contribution in [-0.2, 0) is 17.6 Å². The molecule has 1 N–H and O–H groups in total. The van der Waals surface area contributed by atoms with Crippen LogP contribution in [0.15, 0.2) is 30.3 Å². The SMILES string of the molecule is CC(C)(C)Cc1nc(-c2ccccc2)c(CC(=O)O)s1. The average molecular weight is 289 g/mol. The normalized spacial score (nSPS) is 11.6. The van der Waals surface area contributed by atoms with Crippen LogP contribution in [0.2, 0.25) is 0 Å². The molecule has 1 aromatic heterocycles. The Morgan fingerprint density at radius 3 is 2.45 bits per heavy atom. The van der Waals surface area contributed by atoms with Gasteiger partial charge in [-0.15, -0.1) is 11.3 Å². The minimum atomic E-state index is -0.812. The lowest BCUT2D eigenvalue weighted by atomic mass is 9.93. The number of rotatable bonds is 4. The third kappa shape index (κ3) is 3.90. The van der Waals surface area contributed by atoms with Gasteiger partial charge in [0.05, 0.1) is 17.1 Å². The quantitative estimate of drug-likeness (QED) is 0.924. The molecule has 0 bridgehead atoms. The number of benzene rings is 1. The summed E-state index contributed by atoms with van der Waals surface area (Å²) in [7, 11) is 0. The Kier molecular flexibility index (Phi) is 4.23. The standard InChI is InChI=1S/C16H19NO2S/c1-16(2,3)10-13-17-15(11-7-5-4-6-8-11)12(20-13)9-14(18)19/h4-8H,9-10H2,1-3H3,(H,18,19). The van der Waals surface area contributed by atoms with Gasteiger partial charge in [-0.2, -0.15) is 0 Å². The molecule has 0 spiro atoms. The topological polar surface area (TPSA) is 50.2 Å². The molecule has 0 amide bonds. The summed E-state index contributed by atoms with van der Waals surface area (Å²) in [6.45, 7) is 6.48. The van der Waals surface area contributed by atoms with Crippen molar-refractivity contribution < 1.29 is 9.90 Å². The highest BCUT2D eigenvalue weighted by Crippen LogP contribution is 2.32. The molecule has 0 aliphatic carbocycles. The summed E-state index contributed by atoms with van der Waals surface area (Å²) in [5.74, 6) is -0.812. The molecule has 0 aliphatic heterocycles. The van der Waals surface area contributed by atoms with Gasteiger partial charge in [-0.1, -0.05) is 51.1 Å². The molecule has 2 aromatic rings. The summed E-state index contributed by atoms with van der Waals surface area (Å²) >= 11 is 1.52. The highest BCUT2D eigenvalue weighted by Gasteiger charge is 2.19. The monoisotopic (exact) mass is 289 g/mol. The zero-order valence-corrected chi connectivity index (χ0v) is 12.8. The van der Waals surface area contributed by atoms with Gasteiger partial charge in [-0.25, -0.2) is 4.98 Å². The first kappa shape index (κ1) is 14.7. The van der Waals surface area contributed by atoms with Crippen molar-refractivity contribution in [3.8, 4) is 11.3 Å². The zero-order chi connectivity index (χ0) is 14.8. The lowest BCUT2D eigenvalue weighted by Crippen LogP contribution is -2.08. The van der Waals surface area contributed by atoms with E-state index in [-0.39, 0.29) is 11.8 Å². The summed E-state index contributed by atoms with van der Waals surface area (Å²) in [4.78, 5) is 16.5. The van der Waals surface area contributed by atoms with Gasteiger partial charge < -0.3 is 5.11 Å².